The first kappa shape index (κ1) is 16.0. The molecule has 0 heterocycles. The van der Waals surface area contributed by atoms with Crippen LogP contribution in [0.2, 0.25) is 0 Å². The van der Waals surface area contributed by atoms with Gasteiger partial charge in [0.2, 0.25) is 0 Å². The van der Waals surface area contributed by atoms with Gasteiger partial charge in [-0.2, -0.15) is 0 Å². The number of rotatable bonds is 10. The maximum atomic E-state index is 11.4. The average molecular weight is 244 g/mol. The summed E-state index contributed by atoms with van der Waals surface area (Å²) >= 11 is 4.03. The van der Waals surface area contributed by atoms with Crippen molar-refractivity contribution in [1.82, 2.24) is 0 Å². The van der Waals surface area contributed by atoms with Crippen LogP contribution in [0.25, 0.3) is 0 Å². The summed E-state index contributed by atoms with van der Waals surface area (Å²) in [4.78, 5) is 11.4. The smallest absolute Gasteiger partial charge is 0.189 e. The lowest BCUT2D eigenvalue weighted by atomic mass is 9.87. The van der Waals surface area contributed by atoms with Crippen molar-refractivity contribution in [3.63, 3.8) is 0 Å². The molecular formula is C14H28OS. The minimum atomic E-state index is 0.100. The van der Waals surface area contributed by atoms with Crippen LogP contribution in [-0.2, 0) is 4.79 Å². The highest BCUT2D eigenvalue weighted by Crippen LogP contribution is 2.26. The molecule has 0 aliphatic carbocycles. The zero-order valence-corrected chi connectivity index (χ0v) is 12.1. The fourth-order valence-corrected chi connectivity index (χ4v) is 2.41. The van der Waals surface area contributed by atoms with Crippen molar-refractivity contribution >= 4 is 17.7 Å². The zero-order chi connectivity index (χ0) is 12.4. The average Bonchev–Trinajstić information content (AvgIpc) is 2.28. The molecule has 0 radical (unpaired) electrons. The van der Waals surface area contributed by atoms with Gasteiger partial charge in [0, 0.05) is 5.92 Å². The molecule has 2 atom stereocenters. The minimum Gasteiger partial charge on any atom is -0.287 e. The third-order valence-corrected chi connectivity index (χ3v) is 3.78. The predicted molar refractivity (Wildman–Crippen MR) is 74.9 cm³/mol. The fourth-order valence-electron chi connectivity index (χ4n) is 2.18. The van der Waals surface area contributed by atoms with Crippen LogP contribution in [-0.4, -0.2) is 5.12 Å². The predicted octanol–water partition coefficient (Wildman–Crippen LogP) is 4.86. The first-order valence-corrected chi connectivity index (χ1v) is 7.33. The quantitative estimate of drug-likeness (QED) is 0.543. The summed E-state index contributed by atoms with van der Waals surface area (Å²) in [5, 5.41) is 0.100. The van der Waals surface area contributed by atoms with Gasteiger partial charge in [-0.05, 0) is 18.8 Å². The number of hydrogen-bond acceptors (Lipinski definition) is 1. The molecule has 1 nitrogen and oxygen atoms in total. The minimum absolute atomic E-state index is 0.100. The second-order valence-electron chi connectivity index (χ2n) is 4.83. The Morgan fingerprint density at radius 2 is 1.62 bits per heavy atom. The van der Waals surface area contributed by atoms with Gasteiger partial charge in [-0.1, -0.05) is 59.3 Å². The summed E-state index contributed by atoms with van der Waals surface area (Å²) in [6.45, 7) is 6.64. The Bertz CT molecular complexity index is 180. The number of carbonyl (C=O) groups excluding carboxylic acids is 1. The monoisotopic (exact) mass is 244 g/mol. The topological polar surface area (TPSA) is 17.1 Å². The largest absolute Gasteiger partial charge is 0.287 e. The lowest BCUT2D eigenvalue weighted by Gasteiger charge is -2.20. The summed E-state index contributed by atoms with van der Waals surface area (Å²) in [7, 11) is 0. The molecule has 0 saturated heterocycles. The van der Waals surface area contributed by atoms with Crippen LogP contribution < -0.4 is 0 Å². The highest BCUT2D eigenvalue weighted by Gasteiger charge is 2.19. The van der Waals surface area contributed by atoms with Gasteiger partial charge in [0.15, 0.2) is 5.12 Å². The molecule has 0 saturated carbocycles. The fraction of sp³-hybridized carbons (Fsp3) is 0.929. The van der Waals surface area contributed by atoms with Crippen LogP contribution in [0.4, 0.5) is 0 Å². The number of hydrogen-bond donors (Lipinski definition) is 1. The van der Waals surface area contributed by atoms with Crippen LogP contribution >= 0.6 is 12.6 Å². The Morgan fingerprint density at radius 3 is 2.06 bits per heavy atom. The second kappa shape index (κ2) is 10.2. The number of carbonyl (C=O) groups is 1. The van der Waals surface area contributed by atoms with Gasteiger partial charge in [-0.3, -0.25) is 4.79 Å². The van der Waals surface area contributed by atoms with Crippen molar-refractivity contribution in [3.05, 3.63) is 0 Å². The van der Waals surface area contributed by atoms with E-state index in [0.29, 0.717) is 0 Å². The van der Waals surface area contributed by atoms with Gasteiger partial charge in [-0.15, -0.1) is 12.6 Å². The molecule has 0 rings (SSSR count). The molecule has 0 bridgehead atoms. The lowest BCUT2D eigenvalue weighted by molar-refractivity contribution is -0.115. The molecule has 0 aromatic heterocycles. The van der Waals surface area contributed by atoms with Gasteiger partial charge in [0.25, 0.3) is 0 Å². The van der Waals surface area contributed by atoms with Crippen molar-refractivity contribution in [2.24, 2.45) is 11.8 Å². The van der Waals surface area contributed by atoms with Crippen LogP contribution in [0.3, 0.4) is 0 Å². The zero-order valence-electron chi connectivity index (χ0n) is 11.2. The number of unbranched alkanes of at least 4 members (excludes halogenated alkanes) is 2. The lowest BCUT2D eigenvalue weighted by Crippen LogP contribution is -2.14. The maximum Gasteiger partial charge on any atom is 0.189 e. The highest BCUT2D eigenvalue weighted by molar-refractivity contribution is 7.96. The van der Waals surface area contributed by atoms with Crippen LogP contribution in [0, 0.1) is 11.8 Å². The Kier molecular flexibility index (Phi) is 10.2. The van der Waals surface area contributed by atoms with E-state index in [1.54, 1.807) is 0 Å². The van der Waals surface area contributed by atoms with Crippen LogP contribution in [0.1, 0.15) is 72.1 Å². The van der Waals surface area contributed by atoms with Gasteiger partial charge >= 0.3 is 0 Å². The summed E-state index contributed by atoms with van der Waals surface area (Å²) in [6.07, 6.45) is 9.43. The molecule has 0 aliphatic heterocycles. The first-order chi connectivity index (χ1) is 7.65. The van der Waals surface area contributed by atoms with E-state index in [2.05, 4.69) is 33.4 Å². The molecule has 2 unspecified atom stereocenters. The summed E-state index contributed by atoms with van der Waals surface area (Å²) in [5.41, 5.74) is 0. The summed E-state index contributed by atoms with van der Waals surface area (Å²) < 4.78 is 0. The standard InChI is InChI=1S/C14H28OS/c1-4-7-9-12(6-3)11-13(14(15)16)10-8-5-2/h12-13H,4-11H2,1-3H3,(H,15,16). The van der Waals surface area contributed by atoms with Crippen molar-refractivity contribution in [2.75, 3.05) is 0 Å². The van der Waals surface area contributed by atoms with E-state index in [4.69, 9.17) is 0 Å². The summed E-state index contributed by atoms with van der Waals surface area (Å²) in [6, 6.07) is 0. The van der Waals surface area contributed by atoms with Gasteiger partial charge in [0.05, 0.1) is 0 Å². The second-order valence-corrected chi connectivity index (χ2v) is 5.27. The van der Waals surface area contributed by atoms with Crippen molar-refractivity contribution in [1.29, 1.82) is 0 Å². The third kappa shape index (κ3) is 7.32. The van der Waals surface area contributed by atoms with Crippen LogP contribution in [0.5, 0.6) is 0 Å². The van der Waals surface area contributed by atoms with E-state index in [-0.39, 0.29) is 11.0 Å². The van der Waals surface area contributed by atoms with E-state index in [0.717, 1.165) is 25.2 Å². The molecule has 0 amide bonds. The van der Waals surface area contributed by atoms with Crippen molar-refractivity contribution in [3.8, 4) is 0 Å². The van der Waals surface area contributed by atoms with Gasteiger partial charge in [-0.25, -0.2) is 0 Å². The van der Waals surface area contributed by atoms with Gasteiger partial charge < -0.3 is 0 Å². The SMILES string of the molecule is CCCCC(CC)CC(CCCC)C(=O)S. The van der Waals surface area contributed by atoms with E-state index < -0.39 is 0 Å². The maximum absolute atomic E-state index is 11.4. The normalized spacial score (nSPS) is 14.8. The number of thiol groups is 1. The molecule has 0 N–H and O–H groups in total. The van der Waals surface area contributed by atoms with Crippen LogP contribution in [0.15, 0.2) is 0 Å². The van der Waals surface area contributed by atoms with E-state index in [1.165, 1.54) is 32.1 Å². The molecule has 0 spiro atoms. The molecule has 16 heavy (non-hydrogen) atoms. The van der Waals surface area contributed by atoms with E-state index in [9.17, 15) is 4.79 Å². The molecule has 0 aliphatic rings. The van der Waals surface area contributed by atoms with Crippen molar-refractivity contribution < 1.29 is 4.79 Å². The van der Waals surface area contributed by atoms with Crippen molar-refractivity contribution in [2.45, 2.75) is 72.1 Å². The molecule has 2 heteroatoms. The van der Waals surface area contributed by atoms with Gasteiger partial charge in [0.1, 0.15) is 0 Å². The molecule has 96 valence electrons. The summed E-state index contributed by atoms with van der Waals surface area (Å²) in [5.74, 6) is 0.919. The third-order valence-electron chi connectivity index (χ3n) is 3.42. The molecule has 0 fully saturated rings. The Balaban J connectivity index is 4.06. The Morgan fingerprint density at radius 1 is 1.06 bits per heavy atom. The first-order valence-electron chi connectivity index (χ1n) is 6.88. The Hall–Kier alpha value is 0.0200. The molecule has 0 aromatic rings. The molecule has 0 aromatic carbocycles. The Labute approximate surface area is 107 Å². The van der Waals surface area contributed by atoms with E-state index in [1.807, 2.05) is 0 Å². The molecular weight excluding hydrogens is 216 g/mol. The van der Waals surface area contributed by atoms with E-state index >= 15 is 0 Å². The highest BCUT2D eigenvalue weighted by atomic mass is 32.1.